The zero-order chi connectivity index (χ0) is 11.3. The van der Waals surface area contributed by atoms with E-state index in [1.54, 1.807) is 6.20 Å². The third-order valence-electron chi connectivity index (χ3n) is 2.85. The summed E-state index contributed by atoms with van der Waals surface area (Å²) in [5.41, 5.74) is 0.773. The molecule has 0 bridgehead atoms. The Hall–Kier alpha value is -1.49. The van der Waals surface area contributed by atoms with Gasteiger partial charge in [-0.05, 0) is 25.3 Å². The fourth-order valence-corrected chi connectivity index (χ4v) is 2.75. The van der Waals surface area contributed by atoms with Crippen LogP contribution in [0, 0.1) is 6.92 Å². The van der Waals surface area contributed by atoms with Gasteiger partial charge in [0.2, 0.25) is 0 Å². The van der Waals surface area contributed by atoms with Gasteiger partial charge in [-0.2, -0.15) is 0 Å². The van der Waals surface area contributed by atoms with Crippen molar-refractivity contribution in [3.05, 3.63) is 22.5 Å². The number of nitrogens with zero attached hydrogens (tertiary/aromatic N) is 2. The molecule has 4 nitrogen and oxygen atoms in total. The number of aromatic carboxylic acids is 1. The van der Waals surface area contributed by atoms with Crippen molar-refractivity contribution in [2.45, 2.75) is 25.7 Å². The standard InChI is InChI=1S/C11H10N2O2S/c1-5-7-4-12-9(6-2-3-6)13-10(7)16-8(5)11(14)15/h4,6H,2-3H2,1H3,(H,14,15). The predicted molar refractivity (Wildman–Crippen MR) is 61.1 cm³/mol. The molecule has 1 aliphatic carbocycles. The summed E-state index contributed by atoms with van der Waals surface area (Å²) in [6.45, 7) is 1.81. The molecule has 0 amide bonds. The average Bonchev–Trinajstić information content (AvgIpc) is 3.04. The number of carboxylic acid groups (broad SMARTS) is 1. The molecule has 2 heterocycles. The van der Waals surface area contributed by atoms with Crippen molar-refractivity contribution in [3.63, 3.8) is 0 Å². The molecule has 0 aliphatic heterocycles. The molecule has 0 atom stereocenters. The molecule has 1 aliphatic rings. The number of aromatic nitrogens is 2. The number of aryl methyl sites for hydroxylation is 1. The van der Waals surface area contributed by atoms with Gasteiger partial charge in [0, 0.05) is 17.5 Å². The second kappa shape index (κ2) is 3.25. The van der Waals surface area contributed by atoms with E-state index in [1.807, 2.05) is 6.92 Å². The van der Waals surface area contributed by atoms with Gasteiger partial charge in [0.15, 0.2) is 0 Å². The van der Waals surface area contributed by atoms with Gasteiger partial charge in [-0.3, -0.25) is 0 Å². The zero-order valence-electron chi connectivity index (χ0n) is 8.73. The number of carbonyl (C=O) groups is 1. The fraction of sp³-hybridized carbons (Fsp3) is 0.364. The largest absolute Gasteiger partial charge is 0.477 e. The molecule has 2 aromatic rings. The lowest BCUT2D eigenvalue weighted by molar-refractivity contribution is 0.0701. The molecule has 5 heteroatoms. The van der Waals surface area contributed by atoms with Gasteiger partial charge in [-0.1, -0.05) is 0 Å². The third-order valence-corrected chi connectivity index (χ3v) is 4.04. The molecule has 1 N–H and O–H groups in total. The van der Waals surface area contributed by atoms with Gasteiger partial charge in [0.25, 0.3) is 0 Å². The lowest BCUT2D eigenvalue weighted by Crippen LogP contribution is -1.93. The van der Waals surface area contributed by atoms with Crippen molar-refractivity contribution in [2.24, 2.45) is 0 Å². The van der Waals surface area contributed by atoms with Gasteiger partial charge in [-0.25, -0.2) is 14.8 Å². The molecule has 0 aromatic carbocycles. The number of thiophene rings is 1. The monoisotopic (exact) mass is 234 g/mol. The number of rotatable bonds is 2. The molecule has 16 heavy (non-hydrogen) atoms. The topological polar surface area (TPSA) is 63.1 Å². The SMILES string of the molecule is Cc1c(C(=O)O)sc2nc(C3CC3)ncc12. The molecule has 0 radical (unpaired) electrons. The van der Waals surface area contributed by atoms with Crippen LogP contribution in [0.5, 0.6) is 0 Å². The first-order valence-electron chi connectivity index (χ1n) is 5.16. The smallest absolute Gasteiger partial charge is 0.346 e. The first kappa shape index (κ1) is 9.72. The average molecular weight is 234 g/mol. The lowest BCUT2D eigenvalue weighted by Gasteiger charge is -1.95. The zero-order valence-corrected chi connectivity index (χ0v) is 9.54. The fourth-order valence-electron chi connectivity index (χ4n) is 1.75. The summed E-state index contributed by atoms with van der Waals surface area (Å²) < 4.78 is 0. The molecule has 3 rings (SSSR count). The van der Waals surface area contributed by atoms with Crippen LogP contribution in [-0.2, 0) is 0 Å². The van der Waals surface area contributed by atoms with Crippen molar-refractivity contribution in [2.75, 3.05) is 0 Å². The summed E-state index contributed by atoms with van der Waals surface area (Å²) in [6.07, 6.45) is 4.07. The first-order valence-corrected chi connectivity index (χ1v) is 5.98. The minimum absolute atomic E-state index is 0.372. The third kappa shape index (κ3) is 1.39. The Balaban J connectivity index is 2.20. The Labute approximate surface area is 96.0 Å². The molecule has 1 fully saturated rings. The summed E-state index contributed by atoms with van der Waals surface area (Å²) in [6, 6.07) is 0. The maximum absolute atomic E-state index is 11.0. The summed E-state index contributed by atoms with van der Waals surface area (Å²) >= 11 is 1.24. The van der Waals surface area contributed by atoms with Crippen LogP contribution in [0.4, 0.5) is 0 Å². The number of fused-ring (bicyclic) bond motifs is 1. The van der Waals surface area contributed by atoms with E-state index in [2.05, 4.69) is 9.97 Å². The number of hydrogen-bond donors (Lipinski definition) is 1. The van der Waals surface area contributed by atoms with E-state index >= 15 is 0 Å². The number of carboxylic acids is 1. The van der Waals surface area contributed by atoms with Crippen molar-refractivity contribution in [3.8, 4) is 0 Å². The van der Waals surface area contributed by atoms with Crippen molar-refractivity contribution < 1.29 is 9.90 Å². The van der Waals surface area contributed by atoms with Gasteiger partial charge in [0.1, 0.15) is 15.5 Å². The maximum atomic E-state index is 11.0. The molecule has 82 valence electrons. The molecular formula is C11H10N2O2S. The Morgan fingerprint density at radius 1 is 1.56 bits per heavy atom. The molecule has 0 saturated heterocycles. The highest BCUT2D eigenvalue weighted by Gasteiger charge is 2.27. The molecule has 2 aromatic heterocycles. The normalized spacial score (nSPS) is 15.6. The van der Waals surface area contributed by atoms with Crippen LogP contribution in [0.3, 0.4) is 0 Å². The van der Waals surface area contributed by atoms with Gasteiger partial charge < -0.3 is 5.11 Å². The van der Waals surface area contributed by atoms with Gasteiger partial charge >= 0.3 is 5.97 Å². The van der Waals surface area contributed by atoms with Crippen LogP contribution in [0.25, 0.3) is 10.2 Å². The quantitative estimate of drug-likeness (QED) is 0.867. The van der Waals surface area contributed by atoms with Crippen molar-refractivity contribution in [1.82, 2.24) is 9.97 Å². The summed E-state index contributed by atoms with van der Waals surface area (Å²) in [5, 5.41) is 9.89. The highest BCUT2D eigenvalue weighted by molar-refractivity contribution is 7.20. The van der Waals surface area contributed by atoms with E-state index < -0.39 is 5.97 Å². The molecule has 0 spiro atoms. The van der Waals surface area contributed by atoms with E-state index in [1.165, 1.54) is 11.3 Å². The van der Waals surface area contributed by atoms with Gasteiger partial charge in [0.05, 0.1) is 0 Å². The van der Waals surface area contributed by atoms with Crippen LogP contribution in [0.15, 0.2) is 6.20 Å². The van der Waals surface area contributed by atoms with E-state index in [-0.39, 0.29) is 0 Å². The Morgan fingerprint density at radius 3 is 2.94 bits per heavy atom. The Morgan fingerprint density at radius 2 is 2.31 bits per heavy atom. The van der Waals surface area contributed by atoms with Crippen LogP contribution in [0.1, 0.15) is 39.8 Å². The van der Waals surface area contributed by atoms with Gasteiger partial charge in [-0.15, -0.1) is 11.3 Å². The molecule has 1 saturated carbocycles. The van der Waals surface area contributed by atoms with E-state index in [9.17, 15) is 4.79 Å². The van der Waals surface area contributed by atoms with E-state index in [0.717, 1.165) is 34.4 Å². The Kier molecular flexibility index (Phi) is 1.97. The minimum atomic E-state index is -0.881. The second-order valence-electron chi connectivity index (χ2n) is 4.08. The Bertz CT molecular complexity index is 587. The van der Waals surface area contributed by atoms with E-state index in [0.29, 0.717) is 10.8 Å². The highest BCUT2D eigenvalue weighted by Crippen LogP contribution is 2.39. The van der Waals surface area contributed by atoms with E-state index in [4.69, 9.17) is 5.11 Å². The van der Waals surface area contributed by atoms with Crippen LogP contribution in [-0.4, -0.2) is 21.0 Å². The maximum Gasteiger partial charge on any atom is 0.346 e. The summed E-state index contributed by atoms with van der Waals surface area (Å²) in [4.78, 5) is 20.9. The van der Waals surface area contributed by atoms with Crippen LogP contribution < -0.4 is 0 Å². The van der Waals surface area contributed by atoms with Crippen molar-refractivity contribution >= 4 is 27.5 Å². The molecule has 0 unspecified atom stereocenters. The first-order chi connectivity index (χ1) is 7.66. The molecular weight excluding hydrogens is 224 g/mol. The van der Waals surface area contributed by atoms with Crippen LogP contribution in [0.2, 0.25) is 0 Å². The summed E-state index contributed by atoms with van der Waals surface area (Å²) in [5.74, 6) is 0.485. The highest BCUT2D eigenvalue weighted by atomic mass is 32.1. The summed E-state index contributed by atoms with van der Waals surface area (Å²) in [7, 11) is 0. The minimum Gasteiger partial charge on any atom is -0.477 e. The lowest BCUT2D eigenvalue weighted by atomic mass is 10.2. The second-order valence-corrected chi connectivity index (χ2v) is 5.08. The predicted octanol–water partition coefficient (Wildman–Crippen LogP) is 2.58. The van der Waals surface area contributed by atoms with Crippen molar-refractivity contribution in [1.29, 1.82) is 0 Å². The van der Waals surface area contributed by atoms with Crippen LogP contribution >= 0.6 is 11.3 Å². The number of hydrogen-bond acceptors (Lipinski definition) is 4.